The maximum absolute atomic E-state index is 12.6. The lowest BCUT2D eigenvalue weighted by molar-refractivity contribution is 0.371. The van der Waals surface area contributed by atoms with E-state index < -0.39 is 0 Å². The lowest BCUT2D eigenvalue weighted by Crippen LogP contribution is -2.29. The summed E-state index contributed by atoms with van der Waals surface area (Å²) in [6.45, 7) is 4.85. The summed E-state index contributed by atoms with van der Waals surface area (Å²) in [5.74, 6) is 2.89. The van der Waals surface area contributed by atoms with Crippen molar-refractivity contribution in [1.29, 1.82) is 0 Å². The van der Waals surface area contributed by atoms with Crippen molar-refractivity contribution < 1.29 is 4.52 Å². The Hall–Kier alpha value is -1.96. The van der Waals surface area contributed by atoms with Crippen LogP contribution in [0.15, 0.2) is 9.32 Å². The molecular weight excluding hydrogens is 296 g/mol. The van der Waals surface area contributed by atoms with Crippen molar-refractivity contribution in [1.82, 2.24) is 29.8 Å². The molecule has 3 heterocycles. The van der Waals surface area contributed by atoms with E-state index in [2.05, 4.69) is 20.6 Å². The fraction of sp³-hybridized carbons (Fsp3) is 0.733. The lowest BCUT2D eigenvalue weighted by Gasteiger charge is -2.21. The van der Waals surface area contributed by atoms with Crippen LogP contribution in [0.5, 0.6) is 0 Å². The van der Waals surface area contributed by atoms with Gasteiger partial charge in [0.05, 0.1) is 0 Å². The normalized spacial score (nSPS) is 19.3. The monoisotopic (exact) mass is 318 g/mol. The van der Waals surface area contributed by atoms with Gasteiger partial charge in [-0.15, -0.1) is 0 Å². The van der Waals surface area contributed by atoms with E-state index in [4.69, 9.17) is 4.52 Å². The van der Waals surface area contributed by atoms with Gasteiger partial charge in [0.1, 0.15) is 12.4 Å². The number of hydrogen-bond acceptors (Lipinski definition) is 6. The predicted octanol–water partition coefficient (Wildman–Crippen LogP) is 0.840. The van der Waals surface area contributed by atoms with Crippen LogP contribution < -0.4 is 11.0 Å². The van der Waals surface area contributed by atoms with Gasteiger partial charge in [0.25, 0.3) is 0 Å². The molecule has 2 aliphatic rings. The highest BCUT2D eigenvalue weighted by Gasteiger charge is 2.30. The largest absolute Gasteiger partial charge is 0.346 e. The molecule has 23 heavy (non-hydrogen) atoms. The van der Waals surface area contributed by atoms with Gasteiger partial charge in [0.2, 0.25) is 5.89 Å². The third-order valence-corrected chi connectivity index (χ3v) is 4.67. The van der Waals surface area contributed by atoms with Crippen molar-refractivity contribution in [3.63, 3.8) is 0 Å². The van der Waals surface area contributed by atoms with E-state index >= 15 is 0 Å². The second kappa shape index (κ2) is 5.92. The third-order valence-electron chi connectivity index (χ3n) is 4.67. The zero-order valence-corrected chi connectivity index (χ0v) is 13.4. The number of nitrogens with zero attached hydrogens (tertiary/aromatic N) is 5. The summed E-state index contributed by atoms with van der Waals surface area (Å²) in [6.07, 6.45) is 4.27. The number of hydrogen-bond donors (Lipinski definition) is 1. The molecule has 1 aliphatic carbocycles. The number of nitrogens with one attached hydrogen (secondary N) is 1. The van der Waals surface area contributed by atoms with E-state index in [1.807, 2.05) is 6.92 Å². The molecule has 2 aromatic heterocycles. The Balaban J connectivity index is 1.59. The van der Waals surface area contributed by atoms with E-state index in [9.17, 15) is 4.79 Å². The minimum atomic E-state index is -0.0844. The van der Waals surface area contributed by atoms with Gasteiger partial charge < -0.3 is 9.84 Å². The Bertz CT molecular complexity index is 735. The summed E-state index contributed by atoms with van der Waals surface area (Å²) in [5.41, 5.74) is -0.0844. The Kier molecular flexibility index (Phi) is 3.76. The van der Waals surface area contributed by atoms with Gasteiger partial charge in [-0.1, -0.05) is 5.16 Å². The molecule has 8 nitrogen and oxygen atoms in total. The highest BCUT2D eigenvalue weighted by molar-refractivity contribution is 5.03. The second-order valence-corrected chi connectivity index (χ2v) is 6.39. The van der Waals surface area contributed by atoms with Gasteiger partial charge in [-0.05, 0) is 45.7 Å². The van der Waals surface area contributed by atoms with Gasteiger partial charge in [-0.25, -0.2) is 9.48 Å². The van der Waals surface area contributed by atoms with Crippen LogP contribution in [0.1, 0.15) is 62.0 Å². The molecule has 0 atom stereocenters. The van der Waals surface area contributed by atoms with Crippen LogP contribution >= 0.6 is 0 Å². The molecule has 124 valence electrons. The highest BCUT2D eigenvalue weighted by Crippen LogP contribution is 2.38. The maximum Gasteiger partial charge on any atom is 0.346 e. The summed E-state index contributed by atoms with van der Waals surface area (Å²) in [4.78, 5) is 17.0. The maximum atomic E-state index is 12.6. The molecule has 1 saturated heterocycles. The van der Waals surface area contributed by atoms with E-state index in [0.29, 0.717) is 30.1 Å². The van der Waals surface area contributed by atoms with E-state index in [-0.39, 0.29) is 12.2 Å². The standard InChI is InChI=1S/C15H22N6O2/c1-2-20-13(10-5-7-16-8-6-10)18-21(15(20)22)9-12-17-14(23-19-12)11-3-4-11/h10-11,16H,2-9H2,1H3. The first-order chi connectivity index (χ1) is 11.3. The van der Waals surface area contributed by atoms with Gasteiger partial charge in [0, 0.05) is 18.4 Å². The Morgan fingerprint density at radius 1 is 1.22 bits per heavy atom. The minimum absolute atomic E-state index is 0.0844. The zero-order chi connectivity index (χ0) is 15.8. The highest BCUT2D eigenvalue weighted by atomic mass is 16.5. The predicted molar refractivity (Wildman–Crippen MR) is 82.4 cm³/mol. The molecule has 0 aromatic carbocycles. The zero-order valence-electron chi connectivity index (χ0n) is 13.4. The summed E-state index contributed by atoms with van der Waals surface area (Å²) >= 11 is 0. The first kappa shape index (κ1) is 14.6. The minimum Gasteiger partial charge on any atom is -0.339 e. The van der Waals surface area contributed by atoms with Crippen molar-refractivity contribution >= 4 is 0 Å². The lowest BCUT2D eigenvalue weighted by atomic mass is 9.97. The summed E-state index contributed by atoms with van der Waals surface area (Å²) in [7, 11) is 0. The van der Waals surface area contributed by atoms with Crippen LogP contribution in [0, 0.1) is 0 Å². The molecule has 8 heteroatoms. The quantitative estimate of drug-likeness (QED) is 0.878. The fourth-order valence-corrected chi connectivity index (χ4v) is 3.20. The summed E-state index contributed by atoms with van der Waals surface area (Å²) in [6, 6.07) is 0. The average molecular weight is 318 g/mol. The molecule has 0 bridgehead atoms. The van der Waals surface area contributed by atoms with Crippen molar-refractivity contribution in [3.8, 4) is 0 Å². The van der Waals surface area contributed by atoms with Crippen LogP contribution in [-0.4, -0.2) is 37.6 Å². The van der Waals surface area contributed by atoms with Gasteiger partial charge in [-0.3, -0.25) is 4.57 Å². The number of aromatic nitrogens is 5. The van der Waals surface area contributed by atoms with Crippen LogP contribution in [-0.2, 0) is 13.1 Å². The number of rotatable bonds is 5. The first-order valence-electron chi connectivity index (χ1n) is 8.47. The van der Waals surface area contributed by atoms with Crippen molar-refractivity contribution in [3.05, 3.63) is 28.0 Å². The molecule has 1 saturated carbocycles. The fourth-order valence-electron chi connectivity index (χ4n) is 3.20. The van der Waals surface area contributed by atoms with Gasteiger partial charge >= 0.3 is 5.69 Å². The molecule has 0 unspecified atom stereocenters. The van der Waals surface area contributed by atoms with Gasteiger partial charge in [-0.2, -0.15) is 10.1 Å². The van der Waals surface area contributed by atoms with E-state index in [1.54, 1.807) is 4.57 Å². The summed E-state index contributed by atoms with van der Waals surface area (Å²) in [5, 5.41) is 11.9. The van der Waals surface area contributed by atoms with Crippen molar-refractivity contribution in [2.45, 2.75) is 57.5 Å². The Labute approximate surface area is 133 Å². The van der Waals surface area contributed by atoms with Crippen LogP contribution in [0.25, 0.3) is 0 Å². The van der Waals surface area contributed by atoms with Crippen molar-refractivity contribution in [2.75, 3.05) is 13.1 Å². The van der Waals surface area contributed by atoms with Crippen LogP contribution in [0.4, 0.5) is 0 Å². The molecule has 2 aromatic rings. The molecule has 1 N–H and O–H groups in total. The smallest absolute Gasteiger partial charge is 0.339 e. The Morgan fingerprint density at radius 3 is 2.70 bits per heavy atom. The SMILES string of the molecule is CCn1c(C2CCNCC2)nn(Cc2noc(C3CC3)n2)c1=O. The van der Waals surface area contributed by atoms with Crippen LogP contribution in [0.2, 0.25) is 0 Å². The number of piperidine rings is 1. The van der Waals surface area contributed by atoms with Gasteiger partial charge in [0.15, 0.2) is 5.82 Å². The first-order valence-corrected chi connectivity index (χ1v) is 8.47. The molecule has 0 amide bonds. The summed E-state index contributed by atoms with van der Waals surface area (Å²) < 4.78 is 8.51. The molecular formula is C15H22N6O2. The Morgan fingerprint density at radius 2 is 2.00 bits per heavy atom. The van der Waals surface area contributed by atoms with Crippen LogP contribution in [0.3, 0.4) is 0 Å². The van der Waals surface area contributed by atoms with E-state index in [1.165, 1.54) is 4.68 Å². The molecule has 2 fully saturated rings. The topological polar surface area (TPSA) is 90.8 Å². The average Bonchev–Trinajstić information content (AvgIpc) is 3.25. The van der Waals surface area contributed by atoms with Crippen molar-refractivity contribution in [2.24, 2.45) is 0 Å². The molecule has 0 spiro atoms. The molecule has 1 aliphatic heterocycles. The second-order valence-electron chi connectivity index (χ2n) is 6.39. The molecule has 0 radical (unpaired) electrons. The third kappa shape index (κ3) is 2.83. The molecule has 4 rings (SSSR count). The van der Waals surface area contributed by atoms with E-state index in [0.717, 1.165) is 44.6 Å².